The Morgan fingerprint density at radius 1 is 1.23 bits per heavy atom. The van der Waals surface area contributed by atoms with Gasteiger partial charge in [0, 0.05) is 24.9 Å². The minimum Gasteiger partial charge on any atom is -0.349 e. The molecule has 6 heteroatoms. The summed E-state index contributed by atoms with van der Waals surface area (Å²) in [5, 5.41) is 2.68. The molecule has 3 rings (SSSR count). The molecule has 1 aromatic carbocycles. The molecule has 2 aliphatic rings. The van der Waals surface area contributed by atoms with Gasteiger partial charge in [0.2, 0.25) is 0 Å². The number of benzene rings is 1. The van der Waals surface area contributed by atoms with E-state index in [1.54, 1.807) is 0 Å². The molecule has 0 bridgehead atoms. The van der Waals surface area contributed by atoms with Crippen molar-refractivity contribution in [2.75, 3.05) is 13.2 Å². The standard InChI is InChI=1S/C16H19F2NO3/c17-13-5-4-11(8-14(13)18)15(20)19-9-12-10-21-16(22-12)6-2-1-3-7-16/h4-5,8,12H,1-3,6-7,9-10H2,(H,19,20)/t12-/m0/s1. The van der Waals surface area contributed by atoms with E-state index < -0.39 is 23.3 Å². The van der Waals surface area contributed by atoms with E-state index in [1.165, 1.54) is 12.5 Å². The number of halogens is 2. The molecule has 0 unspecified atom stereocenters. The van der Waals surface area contributed by atoms with E-state index in [9.17, 15) is 13.6 Å². The number of rotatable bonds is 3. The molecule has 1 aliphatic carbocycles. The molecule has 22 heavy (non-hydrogen) atoms. The Balaban J connectivity index is 1.52. The molecule has 4 nitrogen and oxygen atoms in total. The Morgan fingerprint density at radius 2 is 2.00 bits per heavy atom. The van der Waals surface area contributed by atoms with Crippen LogP contribution in [0.1, 0.15) is 42.5 Å². The first-order valence-electron chi connectivity index (χ1n) is 7.63. The lowest BCUT2D eigenvalue weighted by Gasteiger charge is -2.31. The molecular formula is C16H19F2NO3. The Labute approximate surface area is 127 Å². The van der Waals surface area contributed by atoms with E-state index in [0.29, 0.717) is 13.2 Å². The quantitative estimate of drug-likeness (QED) is 0.934. The zero-order valence-electron chi connectivity index (χ0n) is 12.2. The lowest BCUT2D eigenvalue weighted by atomic mass is 9.94. The second-order valence-electron chi connectivity index (χ2n) is 5.86. The first-order chi connectivity index (χ1) is 10.6. The van der Waals surface area contributed by atoms with E-state index in [4.69, 9.17) is 9.47 Å². The highest BCUT2D eigenvalue weighted by Gasteiger charge is 2.42. The number of nitrogens with one attached hydrogen (secondary N) is 1. The summed E-state index contributed by atoms with van der Waals surface area (Å²) in [6.45, 7) is 0.734. The van der Waals surface area contributed by atoms with Crippen LogP contribution in [0.4, 0.5) is 8.78 Å². The fourth-order valence-electron chi connectivity index (χ4n) is 3.02. The molecule has 1 amide bonds. The van der Waals surface area contributed by atoms with Crippen molar-refractivity contribution in [1.29, 1.82) is 0 Å². The van der Waals surface area contributed by atoms with Gasteiger partial charge >= 0.3 is 0 Å². The van der Waals surface area contributed by atoms with Crippen molar-refractivity contribution in [2.24, 2.45) is 0 Å². The van der Waals surface area contributed by atoms with E-state index in [-0.39, 0.29) is 11.7 Å². The van der Waals surface area contributed by atoms with Gasteiger partial charge in [-0.25, -0.2) is 8.78 Å². The molecule has 1 atom stereocenters. The summed E-state index contributed by atoms with van der Waals surface area (Å²) in [7, 11) is 0. The number of amides is 1. The fraction of sp³-hybridized carbons (Fsp3) is 0.562. The molecule has 1 N–H and O–H groups in total. The van der Waals surface area contributed by atoms with Crippen LogP contribution in [0.2, 0.25) is 0 Å². The van der Waals surface area contributed by atoms with Crippen molar-refractivity contribution >= 4 is 5.91 Å². The maximum absolute atomic E-state index is 13.1. The Hall–Kier alpha value is -1.53. The van der Waals surface area contributed by atoms with Crippen molar-refractivity contribution in [3.8, 4) is 0 Å². The molecule has 1 saturated heterocycles. The molecule has 120 valence electrons. The van der Waals surface area contributed by atoms with Gasteiger partial charge in [-0.05, 0) is 31.0 Å². The van der Waals surface area contributed by atoms with Crippen LogP contribution in [0.3, 0.4) is 0 Å². The molecular weight excluding hydrogens is 292 g/mol. The SMILES string of the molecule is O=C(NC[C@H]1COC2(CCCCC2)O1)c1ccc(F)c(F)c1. The fourth-order valence-corrected chi connectivity index (χ4v) is 3.02. The number of hydrogen-bond acceptors (Lipinski definition) is 3. The van der Waals surface area contributed by atoms with E-state index in [0.717, 1.165) is 37.8 Å². The third kappa shape index (κ3) is 3.28. The van der Waals surface area contributed by atoms with Gasteiger partial charge in [0.25, 0.3) is 5.91 Å². The van der Waals surface area contributed by atoms with Crippen molar-refractivity contribution < 1.29 is 23.0 Å². The maximum Gasteiger partial charge on any atom is 0.251 e. The molecule has 1 aromatic rings. The Kier molecular flexibility index (Phi) is 4.40. The average Bonchev–Trinajstić information content (AvgIpc) is 2.91. The summed E-state index contributed by atoms with van der Waals surface area (Å²) in [5.41, 5.74) is 0.0881. The minimum absolute atomic E-state index is 0.0881. The normalized spacial score (nSPS) is 23.6. The molecule has 0 aromatic heterocycles. The molecule has 1 heterocycles. The molecule has 0 radical (unpaired) electrons. The zero-order valence-corrected chi connectivity index (χ0v) is 12.2. The van der Waals surface area contributed by atoms with E-state index >= 15 is 0 Å². The van der Waals surface area contributed by atoms with Gasteiger partial charge < -0.3 is 14.8 Å². The monoisotopic (exact) mass is 311 g/mol. The summed E-state index contributed by atoms with van der Waals surface area (Å²) >= 11 is 0. The van der Waals surface area contributed by atoms with E-state index in [2.05, 4.69) is 5.32 Å². The van der Waals surface area contributed by atoms with Crippen molar-refractivity contribution in [1.82, 2.24) is 5.32 Å². The van der Waals surface area contributed by atoms with Crippen LogP contribution in [-0.4, -0.2) is 30.9 Å². The highest BCUT2D eigenvalue weighted by atomic mass is 19.2. The number of carbonyl (C=O) groups is 1. The maximum atomic E-state index is 13.1. The largest absolute Gasteiger partial charge is 0.349 e. The van der Waals surface area contributed by atoms with Gasteiger partial charge in [0.15, 0.2) is 17.4 Å². The van der Waals surface area contributed by atoms with Crippen LogP contribution in [0.5, 0.6) is 0 Å². The van der Waals surface area contributed by atoms with Gasteiger partial charge in [0.1, 0.15) is 6.10 Å². The van der Waals surface area contributed by atoms with Crippen LogP contribution in [-0.2, 0) is 9.47 Å². The molecule has 1 saturated carbocycles. The van der Waals surface area contributed by atoms with Crippen LogP contribution in [0.15, 0.2) is 18.2 Å². The number of carbonyl (C=O) groups excluding carboxylic acids is 1. The topological polar surface area (TPSA) is 47.6 Å². The summed E-state index contributed by atoms with van der Waals surface area (Å²) in [4.78, 5) is 11.9. The predicted octanol–water partition coefficient (Wildman–Crippen LogP) is 2.77. The van der Waals surface area contributed by atoms with Gasteiger partial charge in [-0.3, -0.25) is 4.79 Å². The first kappa shape index (κ1) is 15.4. The van der Waals surface area contributed by atoms with Gasteiger partial charge in [-0.15, -0.1) is 0 Å². The van der Waals surface area contributed by atoms with E-state index in [1.807, 2.05) is 0 Å². The Morgan fingerprint density at radius 3 is 2.73 bits per heavy atom. The van der Waals surface area contributed by atoms with Crippen molar-refractivity contribution in [3.05, 3.63) is 35.4 Å². The molecule has 1 aliphatic heterocycles. The van der Waals surface area contributed by atoms with Crippen LogP contribution >= 0.6 is 0 Å². The lowest BCUT2D eigenvalue weighted by molar-refractivity contribution is -0.186. The van der Waals surface area contributed by atoms with Gasteiger partial charge in [-0.1, -0.05) is 6.42 Å². The van der Waals surface area contributed by atoms with Crippen molar-refractivity contribution in [3.63, 3.8) is 0 Å². The summed E-state index contributed by atoms with van der Waals surface area (Å²) in [6.07, 6.45) is 4.96. The first-order valence-corrected chi connectivity index (χ1v) is 7.63. The number of ether oxygens (including phenoxy) is 2. The van der Waals surface area contributed by atoms with Gasteiger partial charge in [-0.2, -0.15) is 0 Å². The van der Waals surface area contributed by atoms with Gasteiger partial charge in [0.05, 0.1) is 6.61 Å². The van der Waals surface area contributed by atoms with Crippen LogP contribution < -0.4 is 5.32 Å². The summed E-state index contributed by atoms with van der Waals surface area (Å²) in [5.74, 6) is -2.93. The average molecular weight is 311 g/mol. The summed E-state index contributed by atoms with van der Waals surface area (Å²) < 4.78 is 37.7. The third-order valence-electron chi connectivity index (χ3n) is 4.20. The minimum atomic E-state index is -1.03. The Bertz CT molecular complexity index is 558. The second-order valence-corrected chi connectivity index (χ2v) is 5.86. The predicted molar refractivity (Wildman–Crippen MR) is 75.3 cm³/mol. The zero-order chi connectivity index (χ0) is 15.6. The lowest BCUT2D eigenvalue weighted by Crippen LogP contribution is -2.37. The van der Waals surface area contributed by atoms with Crippen LogP contribution in [0.25, 0.3) is 0 Å². The molecule has 1 spiro atoms. The highest BCUT2D eigenvalue weighted by Crippen LogP contribution is 2.37. The highest BCUT2D eigenvalue weighted by molar-refractivity contribution is 5.94. The second kappa shape index (κ2) is 6.30. The number of hydrogen-bond donors (Lipinski definition) is 1. The smallest absolute Gasteiger partial charge is 0.251 e. The third-order valence-corrected chi connectivity index (χ3v) is 4.20. The van der Waals surface area contributed by atoms with Crippen LogP contribution in [0, 0.1) is 11.6 Å². The van der Waals surface area contributed by atoms with Crippen molar-refractivity contribution in [2.45, 2.75) is 44.0 Å². The molecule has 2 fully saturated rings. The summed E-state index contributed by atoms with van der Waals surface area (Å²) in [6, 6.07) is 3.08.